The molecule has 0 radical (unpaired) electrons. The highest BCUT2D eigenvalue weighted by molar-refractivity contribution is 6.32. The van der Waals surface area contributed by atoms with Gasteiger partial charge >= 0.3 is 0 Å². The summed E-state index contributed by atoms with van der Waals surface area (Å²) >= 11 is 6.10. The molecule has 120 valence electrons. The first-order chi connectivity index (χ1) is 10.5. The second kappa shape index (κ2) is 7.49. The van der Waals surface area contributed by atoms with Crippen LogP contribution in [0.2, 0.25) is 5.02 Å². The summed E-state index contributed by atoms with van der Waals surface area (Å²) in [5, 5.41) is 3.34. The van der Waals surface area contributed by atoms with E-state index in [1.54, 1.807) is 30.2 Å². The first-order valence-electron chi connectivity index (χ1n) is 7.42. The molecule has 1 saturated carbocycles. The van der Waals surface area contributed by atoms with E-state index in [1.807, 2.05) is 0 Å². The molecule has 1 N–H and O–H groups in total. The molecule has 0 atom stereocenters. The molecule has 0 bridgehead atoms. The Bertz CT molecular complexity index is 558. The number of hydrogen-bond donors (Lipinski definition) is 1. The summed E-state index contributed by atoms with van der Waals surface area (Å²) < 4.78 is 5.11. The van der Waals surface area contributed by atoms with Gasteiger partial charge in [-0.05, 0) is 31.0 Å². The van der Waals surface area contributed by atoms with Crippen molar-refractivity contribution in [1.82, 2.24) is 5.32 Å². The molecular weight excluding hydrogens is 304 g/mol. The summed E-state index contributed by atoms with van der Waals surface area (Å²) in [6.07, 6.45) is 3.06. The normalized spacial score (nSPS) is 14.1. The zero-order chi connectivity index (χ0) is 16.1. The maximum Gasteiger partial charge on any atom is 0.223 e. The quantitative estimate of drug-likeness (QED) is 0.875. The Kier molecular flexibility index (Phi) is 5.66. The van der Waals surface area contributed by atoms with Gasteiger partial charge in [0.25, 0.3) is 0 Å². The fourth-order valence-electron chi connectivity index (χ4n) is 2.40. The van der Waals surface area contributed by atoms with Gasteiger partial charge in [-0.15, -0.1) is 0 Å². The van der Waals surface area contributed by atoms with Crippen LogP contribution in [0.3, 0.4) is 0 Å². The van der Waals surface area contributed by atoms with E-state index in [-0.39, 0.29) is 17.7 Å². The summed E-state index contributed by atoms with van der Waals surface area (Å²) in [6.45, 7) is 2.33. The zero-order valence-corrected chi connectivity index (χ0v) is 13.7. The van der Waals surface area contributed by atoms with Crippen LogP contribution in [0.5, 0.6) is 5.75 Å². The number of benzene rings is 1. The van der Waals surface area contributed by atoms with Gasteiger partial charge in [0.2, 0.25) is 11.8 Å². The van der Waals surface area contributed by atoms with Crippen molar-refractivity contribution in [2.45, 2.75) is 26.2 Å². The van der Waals surface area contributed by atoms with E-state index in [2.05, 4.69) is 5.32 Å². The number of anilines is 1. The van der Waals surface area contributed by atoms with E-state index in [1.165, 1.54) is 6.92 Å². The van der Waals surface area contributed by atoms with E-state index in [9.17, 15) is 9.59 Å². The van der Waals surface area contributed by atoms with E-state index >= 15 is 0 Å². The summed E-state index contributed by atoms with van der Waals surface area (Å²) in [4.78, 5) is 25.2. The zero-order valence-electron chi connectivity index (χ0n) is 12.9. The fourth-order valence-corrected chi connectivity index (χ4v) is 2.65. The summed E-state index contributed by atoms with van der Waals surface area (Å²) in [7, 11) is 1.54. The van der Waals surface area contributed by atoms with Crippen molar-refractivity contribution in [2.24, 2.45) is 5.92 Å². The standard InChI is InChI=1S/C16H21ClN2O3/c1-11(20)19(9-8-18-16(21)12-4-3-5-12)13-6-7-15(22-2)14(17)10-13/h6-7,10,12H,3-5,8-9H2,1-2H3,(H,18,21). The molecule has 1 aromatic carbocycles. The Morgan fingerprint density at radius 3 is 2.64 bits per heavy atom. The largest absolute Gasteiger partial charge is 0.495 e. The predicted octanol–water partition coefficient (Wildman–Crippen LogP) is 2.62. The van der Waals surface area contributed by atoms with Crippen molar-refractivity contribution < 1.29 is 14.3 Å². The molecule has 1 aliphatic rings. The average Bonchev–Trinajstić information content (AvgIpc) is 2.41. The highest BCUT2D eigenvalue weighted by Crippen LogP contribution is 2.29. The van der Waals surface area contributed by atoms with Crippen molar-refractivity contribution in [3.8, 4) is 5.75 Å². The summed E-state index contributed by atoms with van der Waals surface area (Å²) in [5.41, 5.74) is 0.691. The van der Waals surface area contributed by atoms with E-state index in [4.69, 9.17) is 16.3 Å². The predicted molar refractivity (Wildman–Crippen MR) is 86.4 cm³/mol. The van der Waals surface area contributed by atoms with Crippen molar-refractivity contribution in [3.63, 3.8) is 0 Å². The Labute approximate surface area is 135 Å². The number of nitrogens with zero attached hydrogens (tertiary/aromatic N) is 1. The van der Waals surface area contributed by atoms with Crippen molar-refractivity contribution >= 4 is 29.1 Å². The van der Waals surface area contributed by atoms with Gasteiger partial charge in [0, 0.05) is 31.6 Å². The first kappa shape index (κ1) is 16.6. The lowest BCUT2D eigenvalue weighted by molar-refractivity contribution is -0.127. The second-order valence-electron chi connectivity index (χ2n) is 5.41. The van der Waals surface area contributed by atoms with Crippen LogP contribution in [0.1, 0.15) is 26.2 Å². The number of ether oxygens (including phenoxy) is 1. The number of methoxy groups -OCH3 is 1. The number of hydrogen-bond acceptors (Lipinski definition) is 3. The van der Waals surface area contributed by atoms with Gasteiger partial charge in [0.1, 0.15) is 5.75 Å². The third kappa shape index (κ3) is 3.91. The third-order valence-corrected chi connectivity index (χ3v) is 4.23. The van der Waals surface area contributed by atoms with Crippen LogP contribution in [-0.4, -0.2) is 32.0 Å². The summed E-state index contributed by atoms with van der Waals surface area (Å²) in [5.74, 6) is 0.704. The lowest BCUT2D eigenvalue weighted by Gasteiger charge is -2.26. The van der Waals surface area contributed by atoms with Crippen LogP contribution in [0, 0.1) is 5.92 Å². The van der Waals surface area contributed by atoms with E-state index in [0.717, 1.165) is 19.3 Å². The molecular formula is C16H21ClN2O3. The molecule has 22 heavy (non-hydrogen) atoms. The van der Waals surface area contributed by atoms with Crippen LogP contribution in [0.15, 0.2) is 18.2 Å². The van der Waals surface area contributed by atoms with Crippen LogP contribution in [0.4, 0.5) is 5.69 Å². The maximum absolute atomic E-state index is 11.8. The monoisotopic (exact) mass is 324 g/mol. The Hall–Kier alpha value is -1.75. The average molecular weight is 325 g/mol. The maximum atomic E-state index is 11.8. The molecule has 6 heteroatoms. The van der Waals surface area contributed by atoms with Crippen molar-refractivity contribution in [3.05, 3.63) is 23.2 Å². The minimum atomic E-state index is -0.0980. The minimum absolute atomic E-state index is 0.0857. The van der Waals surface area contributed by atoms with Crippen LogP contribution >= 0.6 is 11.6 Å². The molecule has 1 aliphatic carbocycles. The number of rotatable bonds is 6. The SMILES string of the molecule is COc1ccc(N(CCNC(=O)C2CCC2)C(C)=O)cc1Cl. The Morgan fingerprint density at radius 2 is 2.14 bits per heavy atom. The fraction of sp³-hybridized carbons (Fsp3) is 0.500. The minimum Gasteiger partial charge on any atom is -0.495 e. The molecule has 0 spiro atoms. The molecule has 0 unspecified atom stereocenters. The lowest BCUT2D eigenvalue weighted by atomic mass is 9.85. The molecule has 0 heterocycles. The molecule has 1 fully saturated rings. The molecule has 0 aliphatic heterocycles. The second-order valence-corrected chi connectivity index (χ2v) is 5.82. The van der Waals surface area contributed by atoms with Gasteiger partial charge in [-0.3, -0.25) is 9.59 Å². The smallest absolute Gasteiger partial charge is 0.223 e. The van der Waals surface area contributed by atoms with Gasteiger partial charge in [-0.1, -0.05) is 18.0 Å². The molecule has 2 amide bonds. The molecule has 2 rings (SSSR count). The Morgan fingerprint density at radius 1 is 1.41 bits per heavy atom. The Balaban J connectivity index is 1.96. The third-order valence-electron chi connectivity index (χ3n) is 3.94. The first-order valence-corrected chi connectivity index (χ1v) is 7.80. The van der Waals surface area contributed by atoms with Crippen LogP contribution < -0.4 is 15.0 Å². The number of amides is 2. The molecule has 1 aromatic rings. The van der Waals surface area contributed by atoms with E-state index in [0.29, 0.717) is 29.5 Å². The lowest BCUT2D eigenvalue weighted by Crippen LogP contribution is -2.41. The number of nitrogens with one attached hydrogen (secondary N) is 1. The van der Waals surface area contributed by atoms with Gasteiger partial charge in [-0.2, -0.15) is 0 Å². The van der Waals surface area contributed by atoms with E-state index < -0.39 is 0 Å². The summed E-state index contributed by atoms with van der Waals surface area (Å²) in [6, 6.07) is 5.19. The van der Waals surface area contributed by atoms with Gasteiger partial charge in [0.05, 0.1) is 12.1 Å². The molecule has 5 nitrogen and oxygen atoms in total. The van der Waals surface area contributed by atoms with Gasteiger partial charge in [0.15, 0.2) is 0 Å². The highest BCUT2D eigenvalue weighted by Gasteiger charge is 2.25. The van der Waals surface area contributed by atoms with Crippen LogP contribution in [-0.2, 0) is 9.59 Å². The molecule has 0 saturated heterocycles. The van der Waals surface area contributed by atoms with Crippen molar-refractivity contribution in [2.75, 3.05) is 25.1 Å². The van der Waals surface area contributed by atoms with Crippen LogP contribution in [0.25, 0.3) is 0 Å². The number of carbonyl (C=O) groups is 2. The number of halogens is 1. The topological polar surface area (TPSA) is 58.6 Å². The van der Waals surface area contributed by atoms with Gasteiger partial charge < -0.3 is 15.0 Å². The van der Waals surface area contributed by atoms with Crippen molar-refractivity contribution in [1.29, 1.82) is 0 Å². The van der Waals surface area contributed by atoms with Gasteiger partial charge in [-0.25, -0.2) is 0 Å². The molecule has 0 aromatic heterocycles. The number of carbonyl (C=O) groups excluding carboxylic acids is 2. The highest BCUT2D eigenvalue weighted by atomic mass is 35.5.